The molecule has 0 radical (unpaired) electrons. The molecule has 1 amide bonds. The number of nitrogens with zero attached hydrogens (tertiary/aromatic N) is 1. The van der Waals surface area contributed by atoms with E-state index in [9.17, 15) is 13.2 Å². The second-order valence-corrected chi connectivity index (χ2v) is 7.60. The van der Waals surface area contributed by atoms with Crippen LogP contribution in [0.4, 0.5) is 0 Å². The highest BCUT2D eigenvalue weighted by molar-refractivity contribution is 7.91. The normalized spacial score (nSPS) is 20.5. The maximum atomic E-state index is 12.1. The Balaban J connectivity index is 1.67. The Bertz CT molecular complexity index is 786. The molecule has 2 heterocycles. The van der Waals surface area contributed by atoms with Crippen molar-refractivity contribution in [1.82, 2.24) is 10.3 Å². The van der Waals surface area contributed by atoms with Crippen LogP contribution in [0.15, 0.2) is 36.4 Å². The lowest BCUT2D eigenvalue weighted by Gasteiger charge is -2.09. The first-order valence-corrected chi connectivity index (χ1v) is 8.70. The fourth-order valence-corrected chi connectivity index (χ4v) is 4.41. The first-order chi connectivity index (χ1) is 10.0. The lowest BCUT2D eigenvalue weighted by molar-refractivity contribution is 0.0944. The number of fused-ring (bicyclic) bond motifs is 1. The number of hydrogen-bond acceptors (Lipinski definition) is 4. The number of nitrogens with one attached hydrogen (secondary N) is 1. The predicted octanol–water partition coefficient (Wildman–Crippen LogP) is 1.40. The number of hydrogen-bond donors (Lipinski definition) is 1. The van der Waals surface area contributed by atoms with E-state index in [1.165, 1.54) is 0 Å². The smallest absolute Gasteiger partial charge is 0.269 e. The highest BCUT2D eigenvalue weighted by Gasteiger charge is 2.28. The van der Waals surface area contributed by atoms with Crippen LogP contribution in [0.2, 0.25) is 0 Å². The Kier molecular flexibility index (Phi) is 3.63. The molecule has 0 saturated carbocycles. The molecule has 5 nitrogen and oxygen atoms in total. The van der Waals surface area contributed by atoms with Crippen LogP contribution < -0.4 is 5.32 Å². The Morgan fingerprint density at radius 2 is 2.05 bits per heavy atom. The average Bonchev–Trinajstić information content (AvgIpc) is 2.83. The monoisotopic (exact) mass is 304 g/mol. The van der Waals surface area contributed by atoms with Gasteiger partial charge in [-0.05, 0) is 24.5 Å². The van der Waals surface area contributed by atoms with Crippen molar-refractivity contribution in [2.75, 3.05) is 18.1 Å². The van der Waals surface area contributed by atoms with E-state index in [1.54, 1.807) is 6.07 Å². The van der Waals surface area contributed by atoms with Gasteiger partial charge in [-0.15, -0.1) is 0 Å². The van der Waals surface area contributed by atoms with Crippen molar-refractivity contribution in [3.63, 3.8) is 0 Å². The molecule has 0 bridgehead atoms. The van der Waals surface area contributed by atoms with Gasteiger partial charge in [-0.1, -0.05) is 24.3 Å². The van der Waals surface area contributed by atoms with E-state index in [-0.39, 0.29) is 23.3 Å². The van der Waals surface area contributed by atoms with E-state index in [0.29, 0.717) is 18.7 Å². The number of carbonyl (C=O) groups excluding carboxylic acids is 1. The topological polar surface area (TPSA) is 76.1 Å². The summed E-state index contributed by atoms with van der Waals surface area (Å²) in [6, 6.07) is 11.1. The molecule has 1 fully saturated rings. The highest BCUT2D eigenvalue weighted by Crippen LogP contribution is 2.17. The fraction of sp³-hybridized carbons (Fsp3) is 0.333. The molecule has 0 spiro atoms. The zero-order valence-electron chi connectivity index (χ0n) is 11.5. The summed E-state index contributed by atoms with van der Waals surface area (Å²) in [4.78, 5) is 16.4. The molecule has 1 aliphatic heterocycles. The quantitative estimate of drug-likeness (QED) is 0.930. The van der Waals surface area contributed by atoms with Gasteiger partial charge >= 0.3 is 0 Å². The lowest BCUT2D eigenvalue weighted by Crippen LogP contribution is -2.30. The van der Waals surface area contributed by atoms with Gasteiger partial charge in [0.2, 0.25) is 0 Å². The van der Waals surface area contributed by atoms with E-state index in [4.69, 9.17) is 0 Å². The minimum Gasteiger partial charge on any atom is -0.350 e. The van der Waals surface area contributed by atoms with Crippen LogP contribution in [-0.4, -0.2) is 37.4 Å². The third-order valence-electron chi connectivity index (χ3n) is 3.71. The lowest BCUT2D eigenvalue weighted by atomic mass is 10.1. The van der Waals surface area contributed by atoms with Gasteiger partial charge in [0.15, 0.2) is 9.84 Å². The van der Waals surface area contributed by atoms with Crippen molar-refractivity contribution in [2.24, 2.45) is 5.92 Å². The van der Waals surface area contributed by atoms with E-state index in [0.717, 1.165) is 10.9 Å². The predicted molar refractivity (Wildman–Crippen MR) is 80.8 cm³/mol. The molecule has 1 saturated heterocycles. The van der Waals surface area contributed by atoms with Crippen molar-refractivity contribution in [2.45, 2.75) is 6.42 Å². The summed E-state index contributed by atoms with van der Waals surface area (Å²) in [5.74, 6) is 0.143. The van der Waals surface area contributed by atoms with Gasteiger partial charge in [0.25, 0.3) is 5.91 Å². The molecule has 1 atom stereocenters. The number of carbonyl (C=O) groups is 1. The molecule has 0 unspecified atom stereocenters. The van der Waals surface area contributed by atoms with Crippen LogP contribution >= 0.6 is 0 Å². The van der Waals surface area contributed by atoms with Crippen LogP contribution in [0.25, 0.3) is 10.9 Å². The van der Waals surface area contributed by atoms with Crippen molar-refractivity contribution in [3.8, 4) is 0 Å². The third-order valence-corrected chi connectivity index (χ3v) is 5.55. The van der Waals surface area contributed by atoms with Crippen LogP contribution in [0.5, 0.6) is 0 Å². The van der Waals surface area contributed by atoms with Crippen LogP contribution in [0.3, 0.4) is 0 Å². The van der Waals surface area contributed by atoms with Crippen LogP contribution in [0, 0.1) is 5.92 Å². The SMILES string of the molecule is O=C(NC[C@@H]1CCS(=O)(=O)C1)c1ccc2ccccc2n1. The number of aromatic nitrogens is 1. The van der Waals surface area contributed by atoms with E-state index in [2.05, 4.69) is 10.3 Å². The number of para-hydroxylation sites is 1. The van der Waals surface area contributed by atoms with Crippen molar-refractivity contribution in [1.29, 1.82) is 0 Å². The Hall–Kier alpha value is -1.95. The third kappa shape index (κ3) is 3.21. The molecule has 21 heavy (non-hydrogen) atoms. The standard InChI is InChI=1S/C15H16N2O3S/c18-15(16-9-11-7-8-21(19,20)10-11)14-6-5-12-3-1-2-4-13(12)17-14/h1-6,11H,7-10H2,(H,16,18)/t11-/m0/s1. The number of sulfone groups is 1. The van der Waals surface area contributed by atoms with Crippen LogP contribution in [-0.2, 0) is 9.84 Å². The van der Waals surface area contributed by atoms with E-state index < -0.39 is 9.84 Å². The van der Waals surface area contributed by atoms with E-state index >= 15 is 0 Å². The molecule has 1 N–H and O–H groups in total. The second-order valence-electron chi connectivity index (χ2n) is 5.37. The zero-order chi connectivity index (χ0) is 14.9. The van der Waals surface area contributed by atoms with Gasteiger partial charge in [0.05, 0.1) is 17.0 Å². The Morgan fingerprint density at radius 1 is 1.24 bits per heavy atom. The summed E-state index contributed by atoms with van der Waals surface area (Å²) in [6.07, 6.45) is 0.619. The molecule has 2 aromatic rings. The molecule has 1 aliphatic rings. The van der Waals surface area contributed by atoms with Crippen molar-refractivity contribution in [3.05, 3.63) is 42.1 Å². The maximum absolute atomic E-state index is 12.1. The van der Waals surface area contributed by atoms with Gasteiger partial charge < -0.3 is 5.32 Å². The minimum atomic E-state index is -2.90. The molecule has 6 heteroatoms. The number of benzene rings is 1. The second kappa shape index (κ2) is 5.44. The van der Waals surface area contributed by atoms with Crippen molar-refractivity contribution < 1.29 is 13.2 Å². The summed E-state index contributed by atoms with van der Waals surface area (Å²) in [6.45, 7) is 0.382. The largest absolute Gasteiger partial charge is 0.350 e. The maximum Gasteiger partial charge on any atom is 0.269 e. The number of pyridine rings is 1. The molecule has 3 rings (SSSR count). The first kappa shape index (κ1) is 14.0. The summed E-state index contributed by atoms with van der Waals surface area (Å²) in [7, 11) is -2.90. The average molecular weight is 304 g/mol. The fourth-order valence-electron chi connectivity index (χ4n) is 2.55. The van der Waals surface area contributed by atoms with Gasteiger partial charge in [-0.3, -0.25) is 4.79 Å². The molecule has 110 valence electrons. The van der Waals surface area contributed by atoms with Gasteiger partial charge in [0, 0.05) is 11.9 Å². The Morgan fingerprint density at radius 3 is 2.81 bits per heavy atom. The summed E-state index contributed by atoms with van der Waals surface area (Å²) in [5.41, 5.74) is 1.13. The molecule has 0 aliphatic carbocycles. The molecule has 1 aromatic carbocycles. The highest BCUT2D eigenvalue weighted by atomic mass is 32.2. The summed E-state index contributed by atoms with van der Waals surface area (Å²) in [5, 5.41) is 3.76. The molecular formula is C15H16N2O3S. The Labute approximate surface area is 123 Å². The first-order valence-electron chi connectivity index (χ1n) is 6.88. The number of amides is 1. The van der Waals surface area contributed by atoms with Gasteiger partial charge in [-0.25, -0.2) is 13.4 Å². The minimum absolute atomic E-state index is 0.0133. The van der Waals surface area contributed by atoms with Gasteiger partial charge in [-0.2, -0.15) is 0 Å². The molecule has 1 aromatic heterocycles. The molecular weight excluding hydrogens is 288 g/mol. The summed E-state index contributed by atoms with van der Waals surface area (Å²) >= 11 is 0. The van der Waals surface area contributed by atoms with Crippen molar-refractivity contribution >= 4 is 26.6 Å². The van der Waals surface area contributed by atoms with Crippen LogP contribution in [0.1, 0.15) is 16.9 Å². The number of rotatable bonds is 3. The van der Waals surface area contributed by atoms with E-state index in [1.807, 2.05) is 30.3 Å². The zero-order valence-corrected chi connectivity index (χ0v) is 12.3. The summed E-state index contributed by atoms with van der Waals surface area (Å²) < 4.78 is 22.8. The van der Waals surface area contributed by atoms with Gasteiger partial charge in [0.1, 0.15) is 5.69 Å².